The SMILES string of the molecule is C=C1C(c2cc[c]([Sn]([CH3])([CH3])[CH3])s2)=c2c3c(c4ccsc4c2=C1c1cc[c]([Sn]([CH3])([CH3])[CH3])s1)C=CCS3. The Balaban J connectivity index is 1.77. The Morgan fingerprint density at radius 2 is 1.37 bits per heavy atom. The maximum absolute atomic E-state index is 4.82. The molecular formula is C29H30S4Sn2. The van der Waals surface area contributed by atoms with E-state index in [4.69, 9.17) is 6.58 Å². The standard InChI is InChI=1S/C23H12S4.6CH3.2Sn/c1-13-18(16-6-3-9-24-16)20-21(19(13)17-7-4-10-25-17)23-15(8-12-27-23)14-5-2-11-26-22(14)20;;;;;;;;/h2-8,12H,1,11H2;6*1H3;;. The molecule has 6 rings (SSSR count). The quantitative estimate of drug-likeness (QED) is 0.200. The molecule has 2 aliphatic rings. The predicted octanol–water partition coefficient (Wildman–Crippen LogP) is 7.20. The van der Waals surface area contributed by atoms with Crippen LogP contribution in [-0.4, -0.2) is 42.5 Å². The average molecular weight is 744 g/mol. The first kappa shape index (κ1) is 25.0. The summed E-state index contributed by atoms with van der Waals surface area (Å²) >= 11 is 3.68. The maximum atomic E-state index is 4.82. The Labute approximate surface area is 232 Å². The Morgan fingerprint density at radius 3 is 1.94 bits per heavy atom. The molecule has 0 spiro atoms. The van der Waals surface area contributed by atoms with Gasteiger partial charge in [0.15, 0.2) is 0 Å². The molecule has 0 amide bonds. The van der Waals surface area contributed by atoms with E-state index in [0.29, 0.717) is 0 Å². The van der Waals surface area contributed by atoms with Crippen LogP contribution in [0.3, 0.4) is 0 Å². The Kier molecular flexibility index (Phi) is 6.37. The Hall–Kier alpha value is -0.253. The summed E-state index contributed by atoms with van der Waals surface area (Å²) in [6.07, 6.45) is 4.69. The summed E-state index contributed by atoms with van der Waals surface area (Å²) in [4.78, 5) is 19.4. The van der Waals surface area contributed by atoms with E-state index in [-0.39, 0.29) is 0 Å². The number of benzene rings is 1. The average Bonchev–Trinajstić information content (AvgIpc) is 3.56. The van der Waals surface area contributed by atoms with Crippen LogP contribution in [-0.2, 0) is 0 Å². The molecule has 4 aromatic rings. The van der Waals surface area contributed by atoms with Gasteiger partial charge >= 0.3 is 236 Å². The van der Waals surface area contributed by atoms with E-state index < -0.39 is 36.8 Å². The van der Waals surface area contributed by atoms with Crippen LogP contribution in [0.2, 0.25) is 29.6 Å². The van der Waals surface area contributed by atoms with Crippen LogP contribution >= 0.6 is 45.8 Å². The second-order valence-corrected chi connectivity index (χ2v) is 46.4. The first-order valence-electron chi connectivity index (χ1n) is 12.1. The van der Waals surface area contributed by atoms with Gasteiger partial charge in [-0.2, -0.15) is 0 Å². The molecule has 0 atom stereocenters. The van der Waals surface area contributed by atoms with Crippen molar-refractivity contribution < 1.29 is 0 Å². The minimum atomic E-state index is -2.15. The van der Waals surface area contributed by atoms with Gasteiger partial charge in [-0.1, -0.05) is 0 Å². The molecule has 1 aliphatic heterocycles. The van der Waals surface area contributed by atoms with E-state index in [1.54, 1.807) is 5.79 Å². The number of thiophene rings is 3. The molecule has 0 bridgehead atoms. The summed E-state index contributed by atoms with van der Waals surface area (Å²) in [5, 5.41) is 6.59. The van der Waals surface area contributed by atoms with Crippen LogP contribution in [0.1, 0.15) is 15.3 Å². The number of allylic oxidation sites excluding steroid dienone is 1. The zero-order valence-corrected chi connectivity index (χ0v) is 30.1. The van der Waals surface area contributed by atoms with E-state index in [1.165, 1.54) is 57.5 Å². The summed E-state index contributed by atoms with van der Waals surface area (Å²) in [5.74, 6) is 1.04. The van der Waals surface area contributed by atoms with Gasteiger partial charge in [-0.15, -0.1) is 0 Å². The van der Waals surface area contributed by atoms with Crippen LogP contribution in [0.5, 0.6) is 0 Å². The first-order chi connectivity index (χ1) is 16.6. The zero-order chi connectivity index (χ0) is 24.7. The number of hydrogen-bond acceptors (Lipinski definition) is 4. The van der Waals surface area contributed by atoms with Crippen LogP contribution in [0, 0.1) is 0 Å². The van der Waals surface area contributed by atoms with Crippen LogP contribution in [0.4, 0.5) is 0 Å². The molecule has 0 saturated heterocycles. The van der Waals surface area contributed by atoms with Gasteiger partial charge in [-0.25, -0.2) is 0 Å². The third-order valence-electron chi connectivity index (χ3n) is 6.80. The van der Waals surface area contributed by atoms with E-state index in [2.05, 4.69) is 77.5 Å². The van der Waals surface area contributed by atoms with Crippen LogP contribution < -0.4 is 16.2 Å². The molecular weight excluding hydrogens is 714 g/mol. The fourth-order valence-corrected chi connectivity index (χ4v) is 19.8. The van der Waals surface area contributed by atoms with Crippen molar-refractivity contribution in [3.05, 3.63) is 79.7 Å². The van der Waals surface area contributed by atoms with Gasteiger partial charge < -0.3 is 0 Å². The van der Waals surface area contributed by atoms with Gasteiger partial charge in [0, 0.05) is 0 Å². The summed E-state index contributed by atoms with van der Waals surface area (Å²) in [6, 6.07) is 12.0. The minimum absolute atomic E-state index is 1.04. The van der Waals surface area contributed by atoms with Crippen molar-refractivity contribution in [1.29, 1.82) is 0 Å². The molecule has 0 saturated carbocycles. The van der Waals surface area contributed by atoms with Gasteiger partial charge in [-0.05, 0) is 0 Å². The number of fused-ring (bicyclic) bond motifs is 6. The monoisotopic (exact) mass is 746 g/mol. The van der Waals surface area contributed by atoms with Crippen molar-refractivity contribution in [3.8, 4) is 0 Å². The topological polar surface area (TPSA) is 0 Å². The fourth-order valence-electron chi connectivity index (χ4n) is 5.01. The fraction of sp³-hybridized carbons (Fsp3) is 0.241. The number of hydrogen-bond donors (Lipinski definition) is 0. The van der Waals surface area contributed by atoms with E-state index >= 15 is 0 Å². The summed E-state index contributed by atoms with van der Waals surface area (Å²) in [5.41, 5.74) is 5.42. The summed E-state index contributed by atoms with van der Waals surface area (Å²) in [6.45, 7) is 4.82. The van der Waals surface area contributed by atoms with E-state index in [9.17, 15) is 0 Å². The Bertz CT molecular complexity index is 1680. The molecule has 4 heterocycles. The molecule has 0 radical (unpaired) electrons. The molecule has 0 unspecified atom stereocenters. The molecule has 1 aromatic carbocycles. The van der Waals surface area contributed by atoms with Crippen LogP contribution in [0.25, 0.3) is 27.3 Å². The molecule has 0 N–H and O–H groups in total. The van der Waals surface area contributed by atoms with Gasteiger partial charge in [0.05, 0.1) is 0 Å². The zero-order valence-electron chi connectivity index (χ0n) is 21.2. The normalized spacial score (nSPS) is 15.9. The van der Waals surface area contributed by atoms with Gasteiger partial charge in [-0.3, -0.25) is 0 Å². The van der Waals surface area contributed by atoms with Crippen molar-refractivity contribution in [3.63, 3.8) is 0 Å². The molecule has 35 heavy (non-hydrogen) atoms. The summed E-state index contributed by atoms with van der Waals surface area (Å²) < 4.78 is 4.71. The van der Waals surface area contributed by atoms with Crippen molar-refractivity contribution in [2.45, 2.75) is 34.5 Å². The van der Waals surface area contributed by atoms with Crippen molar-refractivity contribution in [2.24, 2.45) is 0 Å². The van der Waals surface area contributed by atoms with Crippen LogP contribution in [0.15, 0.2) is 58.8 Å². The predicted molar refractivity (Wildman–Crippen MR) is 170 cm³/mol. The molecule has 1 aliphatic carbocycles. The van der Waals surface area contributed by atoms with Crippen molar-refractivity contribution in [2.75, 3.05) is 5.75 Å². The second kappa shape index (κ2) is 8.91. The molecule has 178 valence electrons. The second-order valence-electron chi connectivity index (χ2n) is 11.4. The van der Waals surface area contributed by atoms with Gasteiger partial charge in [0.25, 0.3) is 0 Å². The van der Waals surface area contributed by atoms with Crippen molar-refractivity contribution >= 4 is 116 Å². The molecule has 6 heteroatoms. The van der Waals surface area contributed by atoms with E-state index in [1.807, 2.05) is 45.8 Å². The van der Waals surface area contributed by atoms with E-state index in [0.717, 1.165) is 5.75 Å². The molecule has 0 fully saturated rings. The van der Waals surface area contributed by atoms with Gasteiger partial charge in [0.1, 0.15) is 0 Å². The van der Waals surface area contributed by atoms with Gasteiger partial charge in [0.2, 0.25) is 0 Å². The Morgan fingerprint density at radius 1 is 0.771 bits per heavy atom. The summed E-state index contributed by atoms with van der Waals surface area (Å²) in [7, 11) is 0. The molecule has 3 aromatic heterocycles. The molecule has 0 nitrogen and oxygen atoms in total. The van der Waals surface area contributed by atoms with Crippen molar-refractivity contribution in [1.82, 2.24) is 0 Å². The number of thioether (sulfide) groups is 1. The number of rotatable bonds is 4. The third kappa shape index (κ3) is 4.13. The third-order valence-corrected chi connectivity index (χ3v) is 30.0. The first-order valence-corrected chi connectivity index (χ1v) is 35.6.